The summed E-state index contributed by atoms with van der Waals surface area (Å²) in [5.41, 5.74) is 1.34. The van der Waals surface area contributed by atoms with E-state index in [4.69, 9.17) is 4.74 Å². The maximum atomic E-state index is 11.2. The zero-order valence-corrected chi connectivity index (χ0v) is 12.7. The quantitative estimate of drug-likeness (QED) is 0.748. The number of likely N-dealkylation sites (tertiary alicyclic amines) is 1. The van der Waals surface area contributed by atoms with Crippen molar-refractivity contribution in [2.75, 3.05) is 19.7 Å². The molecule has 116 valence electrons. The van der Waals surface area contributed by atoms with Crippen LogP contribution in [0.5, 0.6) is 0 Å². The van der Waals surface area contributed by atoms with Gasteiger partial charge in [0.1, 0.15) is 6.04 Å². The number of aliphatic carboxylic acids is 1. The largest absolute Gasteiger partial charge is 0.480 e. The third-order valence-corrected chi connectivity index (χ3v) is 4.10. The van der Waals surface area contributed by atoms with Crippen molar-refractivity contribution in [2.45, 2.75) is 44.8 Å². The summed E-state index contributed by atoms with van der Waals surface area (Å²) in [5.74, 6) is -0.720. The van der Waals surface area contributed by atoms with Crippen LogP contribution in [0.1, 0.15) is 31.7 Å². The van der Waals surface area contributed by atoms with Crippen molar-refractivity contribution < 1.29 is 14.6 Å². The van der Waals surface area contributed by atoms with E-state index in [9.17, 15) is 9.90 Å². The van der Waals surface area contributed by atoms with Crippen LogP contribution in [0.2, 0.25) is 0 Å². The third kappa shape index (κ3) is 4.83. The van der Waals surface area contributed by atoms with Crippen molar-refractivity contribution in [2.24, 2.45) is 0 Å². The molecule has 2 rings (SSSR count). The van der Waals surface area contributed by atoms with Crippen LogP contribution in [0.3, 0.4) is 0 Å². The van der Waals surface area contributed by atoms with Crippen LogP contribution in [0.25, 0.3) is 0 Å². The maximum Gasteiger partial charge on any atom is 0.320 e. The van der Waals surface area contributed by atoms with E-state index in [1.54, 1.807) is 0 Å². The summed E-state index contributed by atoms with van der Waals surface area (Å²) in [4.78, 5) is 13.2. The molecule has 4 heteroatoms. The Bertz CT molecular complexity index is 435. The smallest absolute Gasteiger partial charge is 0.320 e. The van der Waals surface area contributed by atoms with E-state index in [1.165, 1.54) is 5.56 Å². The molecular formula is C17H25NO3. The fraction of sp³-hybridized carbons (Fsp3) is 0.588. The van der Waals surface area contributed by atoms with Crippen LogP contribution in [-0.4, -0.2) is 47.8 Å². The van der Waals surface area contributed by atoms with E-state index in [0.717, 1.165) is 39.0 Å². The van der Waals surface area contributed by atoms with Gasteiger partial charge in [0.25, 0.3) is 0 Å². The fourth-order valence-corrected chi connectivity index (χ4v) is 2.93. The second-order valence-electron chi connectivity index (χ2n) is 5.63. The van der Waals surface area contributed by atoms with Gasteiger partial charge in [0.15, 0.2) is 0 Å². The Balaban J connectivity index is 1.65. The molecular weight excluding hydrogens is 266 g/mol. The summed E-state index contributed by atoms with van der Waals surface area (Å²) in [6.07, 6.45) is 3.82. The molecule has 0 aliphatic carbocycles. The maximum absolute atomic E-state index is 11.2. The Kier molecular flexibility index (Phi) is 6.21. The molecule has 1 N–H and O–H groups in total. The van der Waals surface area contributed by atoms with Gasteiger partial charge < -0.3 is 9.84 Å². The first kappa shape index (κ1) is 16.0. The average molecular weight is 291 g/mol. The summed E-state index contributed by atoms with van der Waals surface area (Å²) < 4.78 is 5.89. The van der Waals surface area contributed by atoms with Gasteiger partial charge in [-0.1, -0.05) is 37.3 Å². The lowest BCUT2D eigenvalue weighted by Gasteiger charge is -2.22. The van der Waals surface area contributed by atoms with Gasteiger partial charge >= 0.3 is 5.97 Å². The average Bonchev–Trinajstić information content (AvgIpc) is 2.94. The van der Waals surface area contributed by atoms with Gasteiger partial charge in [-0.3, -0.25) is 9.69 Å². The first-order valence-electron chi connectivity index (χ1n) is 7.83. The zero-order chi connectivity index (χ0) is 15.1. The van der Waals surface area contributed by atoms with Crippen molar-refractivity contribution in [1.29, 1.82) is 0 Å². The molecule has 1 fully saturated rings. The molecule has 0 saturated carbocycles. The van der Waals surface area contributed by atoms with E-state index >= 15 is 0 Å². The lowest BCUT2D eigenvalue weighted by Crippen LogP contribution is -2.39. The highest BCUT2D eigenvalue weighted by Crippen LogP contribution is 2.18. The summed E-state index contributed by atoms with van der Waals surface area (Å²) >= 11 is 0. The predicted molar refractivity (Wildman–Crippen MR) is 82.4 cm³/mol. The number of benzene rings is 1. The van der Waals surface area contributed by atoms with E-state index in [0.29, 0.717) is 6.42 Å². The molecule has 2 unspecified atom stereocenters. The second kappa shape index (κ2) is 8.15. The normalized spacial score (nSPS) is 20.5. The Hall–Kier alpha value is -1.39. The number of carboxylic acid groups (broad SMARTS) is 1. The van der Waals surface area contributed by atoms with E-state index in [-0.39, 0.29) is 12.1 Å². The van der Waals surface area contributed by atoms with Gasteiger partial charge in [-0.2, -0.15) is 0 Å². The molecule has 1 aliphatic heterocycles. The van der Waals surface area contributed by atoms with Gasteiger partial charge in [-0.25, -0.2) is 0 Å². The monoisotopic (exact) mass is 291 g/mol. The number of nitrogens with zero attached hydrogens (tertiary/aromatic N) is 1. The van der Waals surface area contributed by atoms with Gasteiger partial charge in [0.2, 0.25) is 0 Å². The van der Waals surface area contributed by atoms with Crippen LogP contribution in [-0.2, 0) is 16.0 Å². The number of hydrogen-bond acceptors (Lipinski definition) is 3. The SMILES string of the molecule is CCC(C(=O)O)N1CCC(OCCCc2ccccc2)C1. The van der Waals surface area contributed by atoms with Gasteiger partial charge in [0.05, 0.1) is 6.10 Å². The highest BCUT2D eigenvalue weighted by atomic mass is 16.5. The summed E-state index contributed by atoms with van der Waals surface area (Å²) in [5, 5.41) is 9.18. The van der Waals surface area contributed by atoms with Crippen LogP contribution in [0.15, 0.2) is 30.3 Å². The molecule has 1 aromatic rings. The lowest BCUT2D eigenvalue weighted by atomic mass is 10.1. The standard InChI is InChI=1S/C17H25NO3/c1-2-16(17(19)20)18-11-10-15(13-18)21-12-6-9-14-7-4-3-5-8-14/h3-5,7-8,15-16H,2,6,9-13H2,1H3,(H,19,20). The van der Waals surface area contributed by atoms with Crippen molar-refractivity contribution in [3.05, 3.63) is 35.9 Å². The molecule has 1 aliphatic rings. The Morgan fingerprint density at radius 1 is 1.43 bits per heavy atom. The van der Waals surface area contributed by atoms with E-state index in [1.807, 2.05) is 17.9 Å². The predicted octanol–water partition coefficient (Wildman–Crippen LogP) is 2.57. The van der Waals surface area contributed by atoms with Crippen LogP contribution in [0.4, 0.5) is 0 Å². The van der Waals surface area contributed by atoms with Crippen molar-refractivity contribution in [1.82, 2.24) is 4.90 Å². The van der Waals surface area contributed by atoms with Gasteiger partial charge in [-0.15, -0.1) is 0 Å². The van der Waals surface area contributed by atoms with Crippen molar-refractivity contribution >= 4 is 5.97 Å². The minimum absolute atomic E-state index is 0.189. The molecule has 1 saturated heterocycles. The van der Waals surface area contributed by atoms with Crippen LogP contribution < -0.4 is 0 Å². The van der Waals surface area contributed by atoms with E-state index < -0.39 is 5.97 Å². The molecule has 4 nitrogen and oxygen atoms in total. The number of hydrogen-bond donors (Lipinski definition) is 1. The Labute approximate surface area is 126 Å². The molecule has 0 amide bonds. The number of rotatable bonds is 8. The lowest BCUT2D eigenvalue weighted by molar-refractivity contribution is -0.143. The number of ether oxygens (including phenoxy) is 1. The summed E-state index contributed by atoms with van der Waals surface area (Å²) in [6.45, 7) is 4.24. The molecule has 1 aromatic carbocycles. The Morgan fingerprint density at radius 3 is 2.86 bits per heavy atom. The van der Waals surface area contributed by atoms with Crippen molar-refractivity contribution in [3.63, 3.8) is 0 Å². The third-order valence-electron chi connectivity index (χ3n) is 4.10. The van der Waals surface area contributed by atoms with Crippen LogP contribution in [0, 0.1) is 0 Å². The number of carboxylic acids is 1. The highest BCUT2D eigenvalue weighted by Gasteiger charge is 2.31. The van der Waals surface area contributed by atoms with Crippen molar-refractivity contribution in [3.8, 4) is 0 Å². The second-order valence-corrected chi connectivity index (χ2v) is 5.63. The van der Waals surface area contributed by atoms with E-state index in [2.05, 4.69) is 24.3 Å². The van der Waals surface area contributed by atoms with Gasteiger partial charge in [0, 0.05) is 19.7 Å². The number of aryl methyl sites for hydroxylation is 1. The highest BCUT2D eigenvalue weighted by molar-refractivity contribution is 5.73. The number of carbonyl (C=O) groups is 1. The minimum Gasteiger partial charge on any atom is -0.480 e. The Morgan fingerprint density at radius 2 is 2.19 bits per heavy atom. The molecule has 0 aromatic heterocycles. The molecule has 21 heavy (non-hydrogen) atoms. The first-order chi connectivity index (χ1) is 10.2. The first-order valence-corrected chi connectivity index (χ1v) is 7.83. The zero-order valence-electron chi connectivity index (χ0n) is 12.7. The minimum atomic E-state index is -0.720. The summed E-state index contributed by atoms with van der Waals surface area (Å²) in [6, 6.07) is 10.1. The van der Waals surface area contributed by atoms with Gasteiger partial charge in [-0.05, 0) is 31.2 Å². The molecule has 2 atom stereocenters. The topological polar surface area (TPSA) is 49.8 Å². The molecule has 0 radical (unpaired) electrons. The fourth-order valence-electron chi connectivity index (χ4n) is 2.93. The molecule has 0 spiro atoms. The molecule has 0 bridgehead atoms. The van der Waals surface area contributed by atoms with Crippen LogP contribution >= 0.6 is 0 Å². The molecule has 1 heterocycles. The summed E-state index contributed by atoms with van der Waals surface area (Å²) in [7, 11) is 0.